The average Bonchev–Trinajstić information content (AvgIpc) is 3.45. The third-order valence-corrected chi connectivity index (χ3v) is 5.32. The van der Waals surface area contributed by atoms with E-state index in [9.17, 15) is 15.3 Å². The van der Waals surface area contributed by atoms with Crippen molar-refractivity contribution >= 4 is 0 Å². The molecule has 1 aliphatic heterocycles. The Morgan fingerprint density at radius 1 is 1.12 bits per heavy atom. The van der Waals surface area contributed by atoms with E-state index < -0.39 is 18.2 Å². The second kappa shape index (κ2) is 9.98. The molecule has 1 aliphatic rings. The molecule has 7 nitrogen and oxygen atoms in total. The van der Waals surface area contributed by atoms with Gasteiger partial charge in [-0.3, -0.25) is 0 Å². The first-order chi connectivity index (χ1) is 15.5. The van der Waals surface area contributed by atoms with Crippen LogP contribution in [0, 0.1) is 11.8 Å². The van der Waals surface area contributed by atoms with Gasteiger partial charge < -0.3 is 29.4 Å². The highest BCUT2D eigenvalue weighted by molar-refractivity contribution is 5.65. The predicted octanol–water partition coefficient (Wildman–Crippen LogP) is 2.33. The molecule has 4 rings (SSSR count). The zero-order chi connectivity index (χ0) is 22.5. The monoisotopic (exact) mass is 434 g/mol. The fourth-order valence-corrected chi connectivity index (χ4v) is 3.56. The summed E-state index contributed by atoms with van der Waals surface area (Å²) in [7, 11) is 0. The predicted molar refractivity (Wildman–Crippen MR) is 119 cm³/mol. The zero-order valence-corrected chi connectivity index (χ0v) is 17.8. The summed E-state index contributed by atoms with van der Waals surface area (Å²) in [6.45, 7) is 2.15. The molecule has 1 fully saturated rings. The lowest BCUT2D eigenvalue weighted by molar-refractivity contribution is 0.0733. The summed E-state index contributed by atoms with van der Waals surface area (Å²) in [5.74, 6) is 7.30. The van der Waals surface area contributed by atoms with Crippen LogP contribution in [-0.4, -0.2) is 56.9 Å². The standard InChI is InChI=1S/C25H26N2O5/c1-17(29)25-26-12-13-27(25)21(14-28)9-4-18-2-5-19(6-3-18)20-7-10-22(11-8-20)32-24-16-31-15-23(24)30/h2-3,5-8,10-13,17,21,23-24,28-30H,14-16H2,1H3/t17-,21-,23+,24-/m0/s1. The molecule has 0 unspecified atom stereocenters. The molecule has 2 aromatic carbocycles. The molecule has 3 N–H and O–H groups in total. The second-order valence-electron chi connectivity index (χ2n) is 7.70. The van der Waals surface area contributed by atoms with Crippen LogP contribution >= 0.6 is 0 Å². The van der Waals surface area contributed by atoms with E-state index in [1.54, 1.807) is 23.9 Å². The van der Waals surface area contributed by atoms with Gasteiger partial charge in [0.2, 0.25) is 0 Å². The maximum atomic E-state index is 9.82. The van der Waals surface area contributed by atoms with E-state index in [1.807, 2.05) is 48.5 Å². The molecule has 32 heavy (non-hydrogen) atoms. The Balaban J connectivity index is 1.44. The number of hydrogen-bond acceptors (Lipinski definition) is 6. The Morgan fingerprint density at radius 2 is 1.81 bits per heavy atom. The number of hydrogen-bond donors (Lipinski definition) is 3. The van der Waals surface area contributed by atoms with Gasteiger partial charge in [-0.15, -0.1) is 0 Å². The zero-order valence-electron chi connectivity index (χ0n) is 17.8. The molecule has 7 heteroatoms. The summed E-state index contributed by atoms with van der Waals surface area (Å²) in [6.07, 6.45) is 1.62. The Bertz CT molecular complexity index is 1080. The van der Waals surface area contributed by atoms with Crippen molar-refractivity contribution in [2.75, 3.05) is 19.8 Å². The van der Waals surface area contributed by atoms with Crippen LogP contribution in [0.15, 0.2) is 60.9 Å². The summed E-state index contributed by atoms with van der Waals surface area (Å²) < 4.78 is 12.7. The van der Waals surface area contributed by atoms with Crippen molar-refractivity contribution < 1.29 is 24.8 Å². The van der Waals surface area contributed by atoms with E-state index in [0.717, 1.165) is 16.7 Å². The van der Waals surface area contributed by atoms with E-state index in [0.29, 0.717) is 24.8 Å². The molecule has 0 radical (unpaired) electrons. The molecule has 0 spiro atoms. The first-order valence-electron chi connectivity index (χ1n) is 10.5. The van der Waals surface area contributed by atoms with Gasteiger partial charge >= 0.3 is 0 Å². The quantitative estimate of drug-likeness (QED) is 0.516. The summed E-state index contributed by atoms with van der Waals surface area (Å²) in [5.41, 5.74) is 2.89. The number of aliphatic hydroxyl groups excluding tert-OH is 3. The molecule has 3 aromatic rings. The van der Waals surface area contributed by atoms with Crippen molar-refractivity contribution in [3.8, 4) is 28.7 Å². The lowest BCUT2D eigenvalue weighted by Crippen LogP contribution is -2.29. The van der Waals surface area contributed by atoms with Gasteiger partial charge in [-0.2, -0.15) is 0 Å². The summed E-state index contributed by atoms with van der Waals surface area (Å²) in [4.78, 5) is 4.13. The Hall–Kier alpha value is -3.15. The van der Waals surface area contributed by atoms with Crippen molar-refractivity contribution in [2.45, 2.75) is 31.3 Å². The second-order valence-corrected chi connectivity index (χ2v) is 7.70. The van der Waals surface area contributed by atoms with Gasteiger partial charge in [-0.1, -0.05) is 36.1 Å². The van der Waals surface area contributed by atoms with Crippen molar-refractivity contribution in [3.05, 3.63) is 72.3 Å². The first-order valence-corrected chi connectivity index (χ1v) is 10.5. The number of nitrogens with zero attached hydrogens (tertiary/aromatic N) is 2. The summed E-state index contributed by atoms with van der Waals surface area (Å²) in [5, 5.41) is 29.4. The molecular formula is C25H26N2O5. The Labute approximate surface area is 186 Å². The first kappa shape index (κ1) is 22.1. The van der Waals surface area contributed by atoms with Crippen LogP contribution in [0.25, 0.3) is 11.1 Å². The van der Waals surface area contributed by atoms with E-state index in [-0.39, 0.29) is 12.7 Å². The molecule has 0 bridgehead atoms. The number of rotatable bonds is 6. The Morgan fingerprint density at radius 3 is 2.41 bits per heavy atom. The third-order valence-electron chi connectivity index (χ3n) is 5.32. The van der Waals surface area contributed by atoms with Crippen LogP contribution in [0.1, 0.15) is 30.5 Å². The van der Waals surface area contributed by atoms with Crippen LogP contribution < -0.4 is 4.74 Å². The molecule has 1 aromatic heterocycles. The fourth-order valence-electron chi connectivity index (χ4n) is 3.56. The SMILES string of the molecule is C[C@H](O)c1nccn1[C@@H](C#Cc1ccc(-c2ccc(O[C@H]3COC[C@H]3O)cc2)cc1)CO. The lowest BCUT2D eigenvalue weighted by Gasteiger charge is -2.15. The van der Waals surface area contributed by atoms with Crippen molar-refractivity contribution in [1.29, 1.82) is 0 Å². The highest BCUT2D eigenvalue weighted by atomic mass is 16.6. The van der Waals surface area contributed by atoms with Gasteiger partial charge in [0.1, 0.15) is 35.9 Å². The molecule has 4 atom stereocenters. The lowest BCUT2D eigenvalue weighted by atomic mass is 10.0. The van der Waals surface area contributed by atoms with Crippen molar-refractivity contribution in [1.82, 2.24) is 9.55 Å². The van der Waals surface area contributed by atoms with Crippen LogP contribution in [0.5, 0.6) is 5.75 Å². The molecule has 0 saturated carbocycles. The molecule has 1 saturated heterocycles. The van der Waals surface area contributed by atoms with E-state index in [1.165, 1.54) is 0 Å². The van der Waals surface area contributed by atoms with Crippen molar-refractivity contribution in [2.24, 2.45) is 0 Å². The van der Waals surface area contributed by atoms with E-state index in [2.05, 4.69) is 16.8 Å². The van der Waals surface area contributed by atoms with Gasteiger partial charge in [0.05, 0.1) is 19.8 Å². The molecule has 0 amide bonds. The maximum absolute atomic E-state index is 9.82. The molecule has 166 valence electrons. The smallest absolute Gasteiger partial charge is 0.150 e. The third kappa shape index (κ3) is 5.01. The number of aromatic nitrogens is 2. The number of imidazole rings is 1. The summed E-state index contributed by atoms with van der Waals surface area (Å²) >= 11 is 0. The molecule has 0 aliphatic carbocycles. The Kier molecular flexibility index (Phi) is 6.88. The van der Waals surface area contributed by atoms with Crippen LogP contribution in [-0.2, 0) is 4.74 Å². The minimum Gasteiger partial charge on any atom is -0.485 e. The average molecular weight is 434 g/mol. The number of benzene rings is 2. The molecule has 2 heterocycles. The van der Waals surface area contributed by atoms with Gasteiger partial charge in [0, 0.05) is 18.0 Å². The largest absolute Gasteiger partial charge is 0.485 e. The van der Waals surface area contributed by atoms with Crippen LogP contribution in [0.3, 0.4) is 0 Å². The highest BCUT2D eigenvalue weighted by Crippen LogP contribution is 2.24. The maximum Gasteiger partial charge on any atom is 0.150 e. The minimum atomic E-state index is -0.742. The van der Waals surface area contributed by atoms with Gasteiger partial charge in [-0.05, 0) is 42.3 Å². The van der Waals surface area contributed by atoms with Crippen LogP contribution in [0.4, 0.5) is 0 Å². The van der Waals surface area contributed by atoms with Gasteiger partial charge in [0.15, 0.2) is 0 Å². The number of ether oxygens (including phenoxy) is 2. The van der Waals surface area contributed by atoms with Crippen LogP contribution in [0.2, 0.25) is 0 Å². The summed E-state index contributed by atoms with van der Waals surface area (Å²) in [6, 6.07) is 15.0. The fraction of sp³-hybridized carbons (Fsp3) is 0.320. The van der Waals surface area contributed by atoms with Gasteiger partial charge in [-0.25, -0.2) is 4.98 Å². The molecular weight excluding hydrogens is 408 g/mol. The van der Waals surface area contributed by atoms with Gasteiger partial charge in [0.25, 0.3) is 0 Å². The minimum absolute atomic E-state index is 0.181. The normalized spacial score (nSPS) is 19.8. The highest BCUT2D eigenvalue weighted by Gasteiger charge is 2.27. The van der Waals surface area contributed by atoms with Crippen molar-refractivity contribution in [3.63, 3.8) is 0 Å². The number of aliphatic hydroxyl groups is 3. The topological polar surface area (TPSA) is 97.0 Å². The van der Waals surface area contributed by atoms with E-state index in [4.69, 9.17) is 9.47 Å². The van der Waals surface area contributed by atoms with E-state index >= 15 is 0 Å².